The van der Waals surface area contributed by atoms with E-state index in [1.54, 1.807) is 12.4 Å². The molecule has 0 saturated carbocycles. The van der Waals surface area contributed by atoms with Gasteiger partial charge in [0.05, 0.1) is 33.8 Å². The normalized spacial score (nSPS) is 11.3. The van der Waals surface area contributed by atoms with Crippen LogP contribution in [-0.4, -0.2) is 29.5 Å². The summed E-state index contributed by atoms with van der Waals surface area (Å²) in [6, 6.07) is 41.1. The number of aromatic nitrogens is 6. The van der Waals surface area contributed by atoms with Crippen LogP contribution in [0, 0.1) is 0 Å². The molecule has 5 aromatic heterocycles. The van der Waals surface area contributed by atoms with Crippen molar-refractivity contribution < 1.29 is 0 Å². The first-order valence-electron chi connectivity index (χ1n) is 14.1. The third kappa shape index (κ3) is 4.51. The fraction of sp³-hybridized carbons (Fsp3) is 0. The second kappa shape index (κ2) is 10.4. The minimum Gasteiger partial charge on any atom is -0.309 e. The summed E-state index contributed by atoms with van der Waals surface area (Å²) >= 11 is 0. The van der Waals surface area contributed by atoms with Crippen LogP contribution in [0.25, 0.3) is 72.8 Å². The summed E-state index contributed by atoms with van der Waals surface area (Å²) in [5.74, 6) is 0.668. The maximum absolute atomic E-state index is 4.86. The van der Waals surface area contributed by atoms with E-state index in [1.807, 2.05) is 60.9 Å². The molecule has 0 atom stereocenters. The van der Waals surface area contributed by atoms with Crippen LogP contribution in [0.1, 0.15) is 0 Å². The summed E-state index contributed by atoms with van der Waals surface area (Å²) in [7, 11) is 0. The Labute approximate surface area is 248 Å². The lowest BCUT2D eigenvalue weighted by Crippen LogP contribution is -1.96. The number of rotatable bonds is 5. The molecule has 0 amide bonds. The van der Waals surface area contributed by atoms with Gasteiger partial charge in [0, 0.05) is 52.4 Å². The van der Waals surface area contributed by atoms with Crippen molar-refractivity contribution in [2.75, 3.05) is 0 Å². The van der Waals surface area contributed by atoms with E-state index in [-0.39, 0.29) is 0 Å². The number of fused-ring (bicyclic) bond motifs is 3. The maximum atomic E-state index is 4.86. The van der Waals surface area contributed by atoms with Gasteiger partial charge < -0.3 is 4.57 Å². The first kappa shape index (κ1) is 24.8. The Bertz CT molecular complexity index is 2090. The summed E-state index contributed by atoms with van der Waals surface area (Å²) in [5.41, 5.74) is 9.38. The minimum absolute atomic E-state index is 0.668. The van der Waals surface area contributed by atoms with Crippen LogP contribution in [0.4, 0.5) is 0 Å². The summed E-state index contributed by atoms with van der Waals surface area (Å²) in [4.78, 5) is 23.4. The van der Waals surface area contributed by atoms with E-state index in [9.17, 15) is 0 Å². The van der Waals surface area contributed by atoms with E-state index >= 15 is 0 Å². The van der Waals surface area contributed by atoms with Crippen molar-refractivity contribution >= 4 is 21.8 Å². The molecule has 0 aliphatic heterocycles. The molecule has 0 N–H and O–H groups in total. The summed E-state index contributed by atoms with van der Waals surface area (Å²) in [6.45, 7) is 0. The van der Waals surface area contributed by atoms with Gasteiger partial charge in [-0.2, -0.15) is 0 Å². The second-order valence-electron chi connectivity index (χ2n) is 10.3. The topological polar surface area (TPSA) is 69.4 Å². The van der Waals surface area contributed by atoms with Crippen molar-refractivity contribution in [1.82, 2.24) is 29.5 Å². The highest BCUT2D eigenvalue weighted by molar-refractivity contribution is 6.09. The lowest BCUT2D eigenvalue weighted by molar-refractivity contribution is 1.16. The Balaban J connectivity index is 1.15. The largest absolute Gasteiger partial charge is 0.309 e. The van der Waals surface area contributed by atoms with Crippen molar-refractivity contribution in [2.24, 2.45) is 0 Å². The van der Waals surface area contributed by atoms with Gasteiger partial charge in [-0.3, -0.25) is 9.97 Å². The van der Waals surface area contributed by atoms with Crippen LogP contribution in [-0.2, 0) is 0 Å². The van der Waals surface area contributed by atoms with Gasteiger partial charge in [-0.15, -0.1) is 0 Å². The van der Waals surface area contributed by atoms with E-state index in [2.05, 4.69) is 87.3 Å². The van der Waals surface area contributed by atoms with Gasteiger partial charge >= 0.3 is 0 Å². The smallest absolute Gasteiger partial charge is 0.159 e. The molecule has 8 aromatic rings. The molecule has 0 aliphatic carbocycles. The number of pyridine rings is 3. The predicted octanol–water partition coefficient (Wildman–Crippen LogP) is 8.43. The van der Waals surface area contributed by atoms with Crippen LogP contribution in [0.3, 0.4) is 0 Å². The Hall–Kier alpha value is -6.01. The Morgan fingerprint density at radius 1 is 0.419 bits per heavy atom. The van der Waals surface area contributed by atoms with Crippen molar-refractivity contribution in [3.8, 4) is 51.0 Å². The number of benzene rings is 3. The quantitative estimate of drug-likeness (QED) is 0.214. The van der Waals surface area contributed by atoms with Crippen LogP contribution >= 0.6 is 0 Å². The first-order chi connectivity index (χ1) is 21.3. The first-order valence-corrected chi connectivity index (χ1v) is 14.1. The zero-order valence-electron chi connectivity index (χ0n) is 23.0. The van der Waals surface area contributed by atoms with Gasteiger partial charge in [-0.05, 0) is 78.4 Å². The Morgan fingerprint density at radius 3 is 1.49 bits per heavy atom. The molecule has 6 nitrogen and oxygen atoms in total. The molecule has 3 aromatic carbocycles. The van der Waals surface area contributed by atoms with E-state index in [1.165, 1.54) is 21.8 Å². The van der Waals surface area contributed by atoms with Gasteiger partial charge in [-0.1, -0.05) is 48.5 Å². The average molecular weight is 553 g/mol. The van der Waals surface area contributed by atoms with Gasteiger partial charge in [-0.25, -0.2) is 15.0 Å². The molecule has 0 spiro atoms. The number of nitrogens with zero attached hydrogens (tertiary/aromatic N) is 6. The van der Waals surface area contributed by atoms with Crippen LogP contribution in [0.2, 0.25) is 0 Å². The zero-order chi connectivity index (χ0) is 28.6. The molecule has 0 unspecified atom stereocenters. The minimum atomic E-state index is 0.668. The fourth-order valence-electron chi connectivity index (χ4n) is 5.57. The van der Waals surface area contributed by atoms with E-state index in [4.69, 9.17) is 15.0 Å². The monoisotopic (exact) mass is 552 g/mol. The van der Waals surface area contributed by atoms with E-state index < -0.39 is 0 Å². The molecule has 202 valence electrons. The Kier molecular flexibility index (Phi) is 6.01. The molecule has 43 heavy (non-hydrogen) atoms. The van der Waals surface area contributed by atoms with E-state index in [0.717, 1.165) is 45.2 Å². The van der Waals surface area contributed by atoms with Gasteiger partial charge in [0.15, 0.2) is 5.82 Å². The van der Waals surface area contributed by atoms with Gasteiger partial charge in [0.2, 0.25) is 0 Å². The van der Waals surface area contributed by atoms with Crippen LogP contribution in [0.5, 0.6) is 0 Å². The summed E-state index contributed by atoms with van der Waals surface area (Å²) in [6.07, 6.45) is 7.27. The number of hydrogen-bond donors (Lipinski definition) is 0. The molecule has 0 saturated heterocycles. The average Bonchev–Trinajstić information content (AvgIpc) is 3.43. The second-order valence-corrected chi connectivity index (χ2v) is 10.3. The maximum Gasteiger partial charge on any atom is 0.159 e. The molecule has 5 heterocycles. The third-order valence-electron chi connectivity index (χ3n) is 7.63. The van der Waals surface area contributed by atoms with Crippen LogP contribution in [0.15, 0.2) is 146 Å². The van der Waals surface area contributed by atoms with Crippen molar-refractivity contribution in [3.05, 3.63) is 146 Å². The molecule has 6 heteroatoms. The molecule has 0 radical (unpaired) electrons. The zero-order valence-corrected chi connectivity index (χ0v) is 23.0. The number of hydrogen-bond acceptors (Lipinski definition) is 5. The standard InChI is InChI=1S/C37H24N6/c1-3-13-35-29(9-1)30-10-2-4-14-36(30)43(35)28-17-15-25(16-18-28)37-40-23-27(24-41-37)26-21-33(31-11-5-7-19-38-31)42-34(22-26)32-12-6-8-20-39-32/h1-24H. The van der Waals surface area contributed by atoms with Gasteiger partial charge in [0.1, 0.15) is 0 Å². The molecular formula is C37H24N6. The molecule has 8 rings (SSSR count). The summed E-state index contributed by atoms with van der Waals surface area (Å²) in [5, 5.41) is 2.49. The highest BCUT2D eigenvalue weighted by Gasteiger charge is 2.13. The third-order valence-corrected chi connectivity index (χ3v) is 7.63. The van der Waals surface area contributed by atoms with Crippen molar-refractivity contribution in [3.63, 3.8) is 0 Å². The molecule has 0 fully saturated rings. The van der Waals surface area contributed by atoms with Crippen LogP contribution < -0.4 is 0 Å². The molecular weight excluding hydrogens is 528 g/mol. The van der Waals surface area contributed by atoms with Crippen molar-refractivity contribution in [2.45, 2.75) is 0 Å². The number of para-hydroxylation sites is 2. The highest BCUT2D eigenvalue weighted by atomic mass is 15.0. The van der Waals surface area contributed by atoms with E-state index in [0.29, 0.717) is 5.82 Å². The SMILES string of the molecule is c1ccc(-c2cc(-c3cnc(-c4ccc(-n5c6ccccc6c6ccccc65)cc4)nc3)cc(-c3ccccn3)n2)nc1. The predicted molar refractivity (Wildman–Crippen MR) is 171 cm³/mol. The Morgan fingerprint density at radius 2 is 0.953 bits per heavy atom. The van der Waals surface area contributed by atoms with Gasteiger partial charge in [0.25, 0.3) is 0 Å². The lowest BCUT2D eigenvalue weighted by Gasteiger charge is -2.10. The summed E-state index contributed by atoms with van der Waals surface area (Å²) < 4.78 is 2.31. The highest BCUT2D eigenvalue weighted by Crippen LogP contribution is 2.33. The van der Waals surface area contributed by atoms with Crippen molar-refractivity contribution in [1.29, 1.82) is 0 Å². The molecule has 0 aliphatic rings. The lowest BCUT2D eigenvalue weighted by atomic mass is 10.0. The fourth-order valence-corrected chi connectivity index (χ4v) is 5.57. The molecule has 0 bridgehead atoms.